The van der Waals surface area contributed by atoms with E-state index in [4.69, 9.17) is 0 Å². The summed E-state index contributed by atoms with van der Waals surface area (Å²) in [5.41, 5.74) is 5.08. The fourth-order valence-electron chi connectivity index (χ4n) is 2.38. The molecule has 0 bridgehead atoms. The minimum atomic E-state index is -0.0674. The molecular formula is C16H22N4O. The number of hydrogen-bond acceptors (Lipinski definition) is 3. The zero-order chi connectivity index (χ0) is 15.4. The van der Waals surface area contributed by atoms with E-state index >= 15 is 0 Å². The smallest absolute Gasteiger partial charge is 0.246 e. The van der Waals surface area contributed by atoms with Crippen LogP contribution >= 0.6 is 0 Å². The van der Waals surface area contributed by atoms with Gasteiger partial charge >= 0.3 is 0 Å². The third kappa shape index (κ3) is 3.70. The fourth-order valence-corrected chi connectivity index (χ4v) is 2.38. The van der Waals surface area contributed by atoms with E-state index in [1.165, 1.54) is 0 Å². The van der Waals surface area contributed by atoms with Gasteiger partial charge in [0.2, 0.25) is 5.91 Å². The molecule has 2 aromatic rings. The van der Waals surface area contributed by atoms with Crippen LogP contribution in [0.15, 0.2) is 24.3 Å². The van der Waals surface area contributed by atoms with Gasteiger partial charge < -0.3 is 10.6 Å². The SMILES string of the molecule is CNCc1c(C)nn(CC(=O)Nc2cccc(C)c2)c1C. The summed E-state index contributed by atoms with van der Waals surface area (Å²) in [5.74, 6) is -0.0674. The number of nitrogens with zero attached hydrogens (tertiary/aromatic N) is 2. The number of benzene rings is 1. The zero-order valence-corrected chi connectivity index (χ0v) is 13.0. The Hall–Kier alpha value is -2.14. The minimum absolute atomic E-state index is 0.0674. The van der Waals surface area contributed by atoms with E-state index in [1.807, 2.05) is 52.1 Å². The van der Waals surface area contributed by atoms with Crippen molar-refractivity contribution in [3.05, 3.63) is 46.8 Å². The van der Waals surface area contributed by atoms with Gasteiger partial charge in [-0.25, -0.2) is 0 Å². The molecule has 0 atom stereocenters. The third-order valence-corrected chi connectivity index (χ3v) is 3.48. The van der Waals surface area contributed by atoms with Gasteiger partial charge in [-0.2, -0.15) is 5.10 Å². The van der Waals surface area contributed by atoms with E-state index < -0.39 is 0 Å². The van der Waals surface area contributed by atoms with E-state index in [9.17, 15) is 4.79 Å². The molecule has 112 valence electrons. The van der Waals surface area contributed by atoms with Crippen molar-refractivity contribution in [2.45, 2.75) is 33.9 Å². The molecule has 0 aliphatic rings. The molecule has 2 N–H and O–H groups in total. The summed E-state index contributed by atoms with van der Waals surface area (Å²) in [6.07, 6.45) is 0. The lowest BCUT2D eigenvalue weighted by atomic mass is 10.2. The van der Waals surface area contributed by atoms with Crippen molar-refractivity contribution in [3.8, 4) is 0 Å². The first kappa shape index (κ1) is 15.3. The van der Waals surface area contributed by atoms with Crippen LogP contribution < -0.4 is 10.6 Å². The van der Waals surface area contributed by atoms with Crippen molar-refractivity contribution < 1.29 is 4.79 Å². The fraction of sp³-hybridized carbons (Fsp3) is 0.375. The summed E-state index contributed by atoms with van der Waals surface area (Å²) in [4.78, 5) is 12.1. The van der Waals surface area contributed by atoms with Gasteiger partial charge in [0, 0.05) is 23.5 Å². The molecule has 0 saturated carbocycles. The van der Waals surface area contributed by atoms with Crippen molar-refractivity contribution in [2.75, 3.05) is 12.4 Å². The van der Waals surface area contributed by atoms with E-state index in [-0.39, 0.29) is 12.5 Å². The average molecular weight is 286 g/mol. The van der Waals surface area contributed by atoms with E-state index in [2.05, 4.69) is 15.7 Å². The lowest BCUT2D eigenvalue weighted by Crippen LogP contribution is -2.20. The first-order chi connectivity index (χ1) is 10.0. The van der Waals surface area contributed by atoms with Gasteiger partial charge in [-0.05, 0) is 45.5 Å². The summed E-state index contributed by atoms with van der Waals surface area (Å²) in [6, 6.07) is 7.77. The molecule has 0 saturated heterocycles. The van der Waals surface area contributed by atoms with Crippen molar-refractivity contribution in [2.24, 2.45) is 0 Å². The molecular weight excluding hydrogens is 264 g/mol. The normalized spacial score (nSPS) is 10.7. The predicted octanol–water partition coefficient (Wildman–Crippen LogP) is 2.17. The first-order valence-electron chi connectivity index (χ1n) is 7.05. The monoisotopic (exact) mass is 286 g/mol. The maximum Gasteiger partial charge on any atom is 0.246 e. The van der Waals surface area contributed by atoms with Crippen LogP contribution in [0, 0.1) is 20.8 Å². The van der Waals surface area contributed by atoms with Gasteiger partial charge in [-0.15, -0.1) is 0 Å². The number of anilines is 1. The number of aryl methyl sites for hydroxylation is 2. The summed E-state index contributed by atoms with van der Waals surface area (Å²) < 4.78 is 1.76. The molecule has 0 fully saturated rings. The Morgan fingerprint density at radius 2 is 2.05 bits per heavy atom. The summed E-state index contributed by atoms with van der Waals surface area (Å²) >= 11 is 0. The Bertz CT molecular complexity index is 646. The summed E-state index contributed by atoms with van der Waals surface area (Å²) in [7, 11) is 1.90. The largest absolute Gasteiger partial charge is 0.324 e. The molecule has 1 aromatic carbocycles. The average Bonchev–Trinajstić information content (AvgIpc) is 2.67. The van der Waals surface area contributed by atoms with Crippen molar-refractivity contribution in [3.63, 3.8) is 0 Å². The Morgan fingerprint density at radius 1 is 1.29 bits per heavy atom. The number of rotatable bonds is 5. The lowest BCUT2D eigenvalue weighted by Gasteiger charge is -2.08. The molecule has 1 amide bonds. The molecule has 1 heterocycles. The van der Waals surface area contributed by atoms with E-state index in [1.54, 1.807) is 4.68 Å². The molecule has 0 spiro atoms. The Labute approximate surface area is 125 Å². The standard InChI is InChI=1S/C16H22N4O/c1-11-6-5-7-14(8-11)18-16(21)10-20-13(3)15(9-17-4)12(2)19-20/h5-8,17H,9-10H2,1-4H3,(H,18,21). The van der Waals surface area contributed by atoms with Crippen molar-refractivity contribution in [1.29, 1.82) is 0 Å². The molecule has 2 rings (SSSR count). The van der Waals surface area contributed by atoms with Crippen LogP contribution in [-0.4, -0.2) is 22.7 Å². The molecule has 0 aliphatic carbocycles. The number of amides is 1. The number of carbonyl (C=O) groups excluding carboxylic acids is 1. The number of nitrogens with one attached hydrogen (secondary N) is 2. The van der Waals surface area contributed by atoms with E-state index in [0.29, 0.717) is 0 Å². The van der Waals surface area contributed by atoms with Crippen molar-refractivity contribution >= 4 is 11.6 Å². The third-order valence-electron chi connectivity index (χ3n) is 3.48. The van der Waals surface area contributed by atoms with Crippen LogP contribution in [0.5, 0.6) is 0 Å². The van der Waals surface area contributed by atoms with Crippen LogP contribution in [0.3, 0.4) is 0 Å². The number of carbonyl (C=O) groups is 1. The second kappa shape index (κ2) is 6.54. The van der Waals surface area contributed by atoms with Crippen LogP contribution in [-0.2, 0) is 17.9 Å². The number of hydrogen-bond donors (Lipinski definition) is 2. The molecule has 0 radical (unpaired) electrons. The molecule has 5 nitrogen and oxygen atoms in total. The Morgan fingerprint density at radius 3 is 2.71 bits per heavy atom. The zero-order valence-electron chi connectivity index (χ0n) is 13.0. The topological polar surface area (TPSA) is 59.0 Å². The number of aromatic nitrogens is 2. The highest BCUT2D eigenvalue weighted by Crippen LogP contribution is 2.13. The highest BCUT2D eigenvalue weighted by atomic mass is 16.2. The lowest BCUT2D eigenvalue weighted by molar-refractivity contribution is -0.116. The van der Waals surface area contributed by atoms with Gasteiger partial charge in [0.1, 0.15) is 6.54 Å². The quantitative estimate of drug-likeness (QED) is 0.885. The van der Waals surface area contributed by atoms with Gasteiger partial charge in [0.05, 0.1) is 5.69 Å². The highest BCUT2D eigenvalue weighted by Gasteiger charge is 2.13. The highest BCUT2D eigenvalue weighted by molar-refractivity contribution is 5.90. The predicted molar refractivity (Wildman–Crippen MR) is 84.3 cm³/mol. The molecule has 0 aliphatic heterocycles. The molecule has 5 heteroatoms. The Balaban J connectivity index is 2.08. The summed E-state index contributed by atoms with van der Waals surface area (Å²) in [6.45, 7) is 6.95. The maximum atomic E-state index is 12.1. The maximum absolute atomic E-state index is 12.1. The van der Waals surface area contributed by atoms with E-state index in [0.717, 1.165) is 34.7 Å². The van der Waals surface area contributed by atoms with Crippen LogP contribution in [0.1, 0.15) is 22.5 Å². The Kier molecular flexibility index (Phi) is 4.75. The molecule has 0 unspecified atom stereocenters. The van der Waals surface area contributed by atoms with Crippen LogP contribution in [0.25, 0.3) is 0 Å². The van der Waals surface area contributed by atoms with Gasteiger partial charge in [0.15, 0.2) is 0 Å². The molecule has 21 heavy (non-hydrogen) atoms. The second-order valence-electron chi connectivity index (χ2n) is 5.26. The van der Waals surface area contributed by atoms with Gasteiger partial charge in [-0.3, -0.25) is 9.48 Å². The first-order valence-corrected chi connectivity index (χ1v) is 7.05. The van der Waals surface area contributed by atoms with Crippen LogP contribution in [0.2, 0.25) is 0 Å². The molecule has 1 aromatic heterocycles. The second-order valence-corrected chi connectivity index (χ2v) is 5.26. The minimum Gasteiger partial charge on any atom is -0.324 e. The van der Waals surface area contributed by atoms with Crippen molar-refractivity contribution in [1.82, 2.24) is 15.1 Å². The summed E-state index contributed by atoms with van der Waals surface area (Å²) in [5, 5.41) is 10.5. The van der Waals surface area contributed by atoms with Gasteiger partial charge in [-0.1, -0.05) is 12.1 Å². The van der Waals surface area contributed by atoms with Gasteiger partial charge in [0.25, 0.3) is 0 Å². The van der Waals surface area contributed by atoms with Crippen LogP contribution in [0.4, 0.5) is 5.69 Å².